The summed E-state index contributed by atoms with van der Waals surface area (Å²) >= 11 is 5.57. The molecule has 0 amide bonds. The van der Waals surface area contributed by atoms with Crippen LogP contribution >= 0.6 is 11.6 Å². The largest absolute Gasteiger partial charge is 0.311 e. The predicted molar refractivity (Wildman–Crippen MR) is 52.2 cm³/mol. The monoisotopic (exact) mass is 175 g/mol. The lowest BCUT2D eigenvalue weighted by molar-refractivity contribution is 0.537. The molecule has 11 heavy (non-hydrogen) atoms. The van der Waals surface area contributed by atoms with Crippen molar-refractivity contribution in [3.8, 4) is 0 Å². The highest BCUT2D eigenvalue weighted by atomic mass is 35.5. The molecule has 0 fully saturated rings. The third-order valence-electron chi connectivity index (χ3n) is 1.59. The van der Waals surface area contributed by atoms with E-state index in [1.165, 1.54) is 6.42 Å². The first-order valence-corrected chi connectivity index (χ1v) is 4.75. The summed E-state index contributed by atoms with van der Waals surface area (Å²) in [5.41, 5.74) is 0. The molecule has 1 N–H and O–H groups in total. The molecule has 0 radical (unpaired) electrons. The maximum absolute atomic E-state index is 5.57. The Kier molecular flexibility index (Phi) is 8.08. The van der Waals surface area contributed by atoms with Crippen LogP contribution in [0.5, 0.6) is 0 Å². The van der Waals surface area contributed by atoms with Crippen LogP contribution in [0.3, 0.4) is 0 Å². The van der Waals surface area contributed by atoms with Crippen LogP contribution in [-0.4, -0.2) is 18.5 Å². The number of allylic oxidation sites excluding steroid dienone is 1. The number of halogens is 1. The molecule has 0 aromatic rings. The van der Waals surface area contributed by atoms with Gasteiger partial charge in [-0.15, -0.1) is 11.6 Å². The summed E-state index contributed by atoms with van der Waals surface area (Å²) in [5, 5.41) is 3.37. The molecule has 0 heterocycles. The molecule has 0 rings (SSSR count). The number of nitrogens with one attached hydrogen (secondary N) is 1. The van der Waals surface area contributed by atoms with E-state index in [9.17, 15) is 0 Å². The molecule has 0 aliphatic rings. The van der Waals surface area contributed by atoms with Gasteiger partial charge in [0.2, 0.25) is 0 Å². The molecule has 1 atom stereocenters. The Balaban J connectivity index is 3.15. The van der Waals surface area contributed by atoms with E-state index in [-0.39, 0.29) is 0 Å². The maximum atomic E-state index is 5.57. The first kappa shape index (κ1) is 11.0. The molecule has 0 saturated heterocycles. The SMILES string of the molecule is C/C=C/CNC(C)CCCCl. The zero-order valence-electron chi connectivity index (χ0n) is 7.44. The van der Waals surface area contributed by atoms with Crippen LogP contribution < -0.4 is 5.32 Å². The van der Waals surface area contributed by atoms with Gasteiger partial charge in [0.05, 0.1) is 0 Å². The molecular weight excluding hydrogens is 158 g/mol. The highest BCUT2D eigenvalue weighted by Crippen LogP contribution is 1.97. The fourth-order valence-electron chi connectivity index (χ4n) is 0.872. The molecule has 0 aliphatic carbocycles. The summed E-state index contributed by atoms with van der Waals surface area (Å²) in [6.07, 6.45) is 6.45. The molecule has 0 saturated carbocycles. The van der Waals surface area contributed by atoms with Crippen molar-refractivity contribution in [3.05, 3.63) is 12.2 Å². The van der Waals surface area contributed by atoms with Gasteiger partial charge in [0.25, 0.3) is 0 Å². The van der Waals surface area contributed by atoms with Crippen LogP contribution in [0.25, 0.3) is 0 Å². The van der Waals surface area contributed by atoms with Gasteiger partial charge in [-0.1, -0.05) is 12.2 Å². The first-order chi connectivity index (χ1) is 5.31. The minimum Gasteiger partial charge on any atom is -0.311 e. The van der Waals surface area contributed by atoms with Gasteiger partial charge in [-0.3, -0.25) is 0 Å². The minimum atomic E-state index is 0.588. The highest BCUT2D eigenvalue weighted by Gasteiger charge is 1.97. The lowest BCUT2D eigenvalue weighted by atomic mass is 10.2. The average molecular weight is 176 g/mol. The average Bonchev–Trinajstić information content (AvgIpc) is 2.01. The Labute approximate surface area is 74.8 Å². The summed E-state index contributed by atoms with van der Waals surface area (Å²) in [4.78, 5) is 0. The number of alkyl halides is 1. The third-order valence-corrected chi connectivity index (χ3v) is 1.86. The van der Waals surface area contributed by atoms with E-state index >= 15 is 0 Å². The van der Waals surface area contributed by atoms with E-state index in [0.29, 0.717) is 6.04 Å². The Bertz CT molecular complexity index is 102. The smallest absolute Gasteiger partial charge is 0.0224 e. The molecule has 1 nitrogen and oxygen atoms in total. The molecule has 0 spiro atoms. The van der Waals surface area contributed by atoms with E-state index in [4.69, 9.17) is 11.6 Å². The molecule has 0 aromatic carbocycles. The van der Waals surface area contributed by atoms with Crippen LogP contribution in [0.4, 0.5) is 0 Å². The standard InChI is InChI=1S/C9H18ClN/c1-3-4-8-11-9(2)6-5-7-10/h3-4,9,11H,5-8H2,1-2H3/b4-3+. The van der Waals surface area contributed by atoms with Crippen molar-refractivity contribution in [2.45, 2.75) is 32.7 Å². The van der Waals surface area contributed by atoms with Gasteiger partial charge >= 0.3 is 0 Å². The molecule has 0 aliphatic heterocycles. The van der Waals surface area contributed by atoms with Crippen LogP contribution in [0.2, 0.25) is 0 Å². The molecule has 2 heteroatoms. The summed E-state index contributed by atoms with van der Waals surface area (Å²) in [7, 11) is 0. The van der Waals surface area contributed by atoms with Crippen molar-refractivity contribution >= 4 is 11.6 Å². The van der Waals surface area contributed by atoms with Crippen molar-refractivity contribution in [1.29, 1.82) is 0 Å². The van der Waals surface area contributed by atoms with E-state index in [0.717, 1.165) is 18.8 Å². The van der Waals surface area contributed by atoms with Gasteiger partial charge in [-0.2, -0.15) is 0 Å². The maximum Gasteiger partial charge on any atom is 0.0224 e. The van der Waals surface area contributed by atoms with Gasteiger partial charge < -0.3 is 5.32 Å². The lowest BCUT2D eigenvalue weighted by Gasteiger charge is -2.10. The second kappa shape index (κ2) is 8.09. The van der Waals surface area contributed by atoms with Crippen molar-refractivity contribution in [2.75, 3.05) is 12.4 Å². The topological polar surface area (TPSA) is 12.0 Å². The van der Waals surface area contributed by atoms with Gasteiger partial charge in [-0.05, 0) is 26.7 Å². The molecular formula is C9H18ClN. The summed E-state index contributed by atoms with van der Waals surface area (Å²) in [6, 6.07) is 0.588. The Morgan fingerprint density at radius 1 is 1.55 bits per heavy atom. The fourth-order valence-corrected chi connectivity index (χ4v) is 1.03. The third kappa shape index (κ3) is 7.89. The zero-order valence-corrected chi connectivity index (χ0v) is 8.19. The Morgan fingerprint density at radius 3 is 2.82 bits per heavy atom. The molecule has 0 aromatic heterocycles. The number of hydrogen-bond acceptors (Lipinski definition) is 1. The second-order valence-electron chi connectivity index (χ2n) is 2.71. The quantitative estimate of drug-likeness (QED) is 0.484. The van der Waals surface area contributed by atoms with E-state index in [1.54, 1.807) is 0 Å². The van der Waals surface area contributed by atoms with E-state index < -0.39 is 0 Å². The van der Waals surface area contributed by atoms with Crippen LogP contribution in [0.15, 0.2) is 12.2 Å². The van der Waals surface area contributed by atoms with Crippen molar-refractivity contribution in [2.24, 2.45) is 0 Å². The molecule has 1 unspecified atom stereocenters. The molecule has 0 bridgehead atoms. The van der Waals surface area contributed by atoms with Gasteiger partial charge in [0.15, 0.2) is 0 Å². The van der Waals surface area contributed by atoms with Crippen molar-refractivity contribution in [1.82, 2.24) is 5.32 Å². The zero-order chi connectivity index (χ0) is 8.53. The van der Waals surface area contributed by atoms with Crippen LogP contribution in [-0.2, 0) is 0 Å². The normalized spacial score (nSPS) is 14.1. The van der Waals surface area contributed by atoms with Gasteiger partial charge in [-0.25, -0.2) is 0 Å². The van der Waals surface area contributed by atoms with E-state index in [2.05, 4.69) is 24.4 Å². The second-order valence-corrected chi connectivity index (χ2v) is 3.09. The van der Waals surface area contributed by atoms with E-state index in [1.807, 2.05) is 6.92 Å². The number of rotatable bonds is 6. The fraction of sp³-hybridized carbons (Fsp3) is 0.778. The van der Waals surface area contributed by atoms with Crippen LogP contribution in [0.1, 0.15) is 26.7 Å². The number of hydrogen-bond donors (Lipinski definition) is 1. The van der Waals surface area contributed by atoms with Crippen molar-refractivity contribution < 1.29 is 0 Å². The van der Waals surface area contributed by atoms with Crippen LogP contribution in [0, 0.1) is 0 Å². The Morgan fingerprint density at radius 2 is 2.27 bits per heavy atom. The predicted octanol–water partition coefficient (Wildman–Crippen LogP) is 2.56. The molecule has 66 valence electrons. The minimum absolute atomic E-state index is 0.588. The van der Waals surface area contributed by atoms with Gasteiger partial charge in [0.1, 0.15) is 0 Å². The lowest BCUT2D eigenvalue weighted by Crippen LogP contribution is -2.25. The highest BCUT2D eigenvalue weighted by molar-refractivity contribution is 6.17. The summed E-state index contributed by atoms with van der Waals surface area (Å²) in [5.74, 6) is 0.773. The first-order valence-electron chi connectivity index (χ1n) is 4.21. The summed E-state index contributed by atoms with van der Waals surface area (Å²) in [6.45, 7) is 5.20. The van der Waals surface area contributed by atoms with Crippen molar-refractivity contribution in [3.63, 3.8) is 0 Å². The Hall–Kier alpha value is -0.0100. The summed E-state index contributed by atoms with van der Waals surface area (Å²) < 4.78 is 0. The van der Waals surface area contributed by atoms with Gasteiger partial charge in [0, 0.05) is 18.5 Å².